The molecule has 0 saturated heterocycles. The number of fused-ring (bicyclic) bond motifs is 1. The molecule has 0 radical (unpaired) electrons. The largest absolute Gasteiger partial charge is 0.303 e. The molecule has 0 spiro atoms. The predicted molar refractivity (Wildman–Crippen MR) is 82.8 cm³/mol. The molecule has 1 aliphatic rings. The van der Waals surface area contributed by atoms with E-state index in [1.807, 2.05) is 11.3 Å². The Morgan fingerprint density at radius 1 is 1.21 bits per heavy atom. The normalized spacial score (nSPS) is 19.4. The fourth-order valence-corrected chi connectivity index (χ4v) is 3.85. The van der Waals surface area contributed by atoms with Crippen molar-refractivity contribution in [1.29, 1.82) is 0 Å². The summed E-state index contributed by atoms with van der Waals surface area (Å²) in [5.74, 6) is 0. The monoisotopic (exact) mass is 271 g/mol. The van der Waals surface area contributed by atoms with E-state index >= 15 is 0 Å². The van der Waals surface area contributed by atoms with Gasteiger partial charge in [0, 0.05) is 21.8 Å². The van der Waals surface area contributed by atoms with Gasteiger partial charge in [0.2, 0.25) is 0 Å². The molecular formula is C17H21NS. The Bertz CT molecular complexity index is 585. The summed E-state index contributed by atoms with van der Waals surface area (Å²) in [6.45, 7) is 6.63. The van der Waals surface area contributed by atoms with E-state index in [1.54, 1.807) is 0 Å². The molecule has 1 aromatic heterocycles. The van der Waals surface area contributed by atoms with Crippen LogP contribution >= 0.6 is 11.3 Å². The van der Waals surface area contributed by atoms with Gasteiger partial charge in [0.15, 0.2) is 0 Å². The molecule has 2 atom stereocenters. The SMILES string of the molecule is Cc1ccc2c(c1)C(NC(C)c1ccc(C)s1)CC2. The first-order valence-corrected chi connectivity index (χ1v) is 7.87. The second-order valence-corrected chi connectivity index (χ2v) is 6.95. The first-order valence-electron chi connectivity index (χ1n) is 7.05. The maximum absolute atomic E-state index is 3.80. The van der Waals surface area contributed by atoms with Gasteiger partial charge in [-0.2, -0.15) is 0 Å². The summed E-state index contributed by atoms with van der Waals surface area (Å²) in [4.78, 5) is 2.84. The highest BCUT2D eigenvalue weighted by Gasteiger charge is 2.24. The van der Waals surface area contributed by atoms with Crippen LogP contribution in [0.3, 0.4) is 0 Å². The first kappa shape index (κ1) is 12.9. The topological polar surface area (TPSA) is 12.0 Å². The van der Waals surface area contributed by atoms with Crippen LogP contribution in [-0.2, 0) is 6.42 Å². The fraction of sp³-hybridized carbons (Fsp3) is 0.412. The van der Waals surface area contributed by atoms with Gasteiger partial charge in [-0.3, -0.25) is 0 Å². The lowest BCUT2D eigenvalue weighted by molar-refractivity contribution is 0.469. The van der Waals surface area contributed by atoms with Crippen molar-refractivity contribution in [2.75, 3.05) is 0 Å². The van der Waals surface area contributed by atoms with Crippen molar-refractivity contribution in [3.63, 3.8) is 0 Å². The Kier molecular flexibility index (Phi) is 3.46. The molecule has 0 saturated carbocycles. The van der Waals surface area contributed by atoms with E-state index < -0.39 is 0 Å². The van der Waals surface area contributed by atoms with Gasteiger partial charge in [-0.25, -0.2) is 0 Å². The molecule has 0 fully saturated rings. The molecular weight excluding hydrogens is 250 g/mol. The number of hydrogen-bond acceptors (Lipinski definition) is 2. The average Bonchev–Trinajstić information content (AvgIpc) is 2.97. The van der Waals surface area contributed by atoms with Gasteiger partial charge >= 0.3 is 0 Å². The summed E-state index contributed by atoms with van der Waals surface area (Å²) in [5.41, 5.74) is 4.41. The Morgan fingerprint density at radius 3 is 2.79 bits per heavy atom. The maximum atomic E-state index is 3.80. The van der Waals surface area contributed by atoms with Gasteiger partial charge in [0.1, 0.15) is 0 Å². The van der Waals surface area contributed by atoms with Gasteiger partial charge in [0.05, 0.1) is 0 Å². The van der Waals surface area contributed by atoms with Crippen molar-refractivity contribution in [1.82, 2.24) is 5.32 Å². The lowest BCUT2D eigenvalue weighted by atomic mass is 10.0. The van der Waals surface area contributed by atoms with E-state index in [4.69, 9.17) is 0 Å². The Hall–Kier alpha value is -1.12. The van der Waals surface area contributed by atoms with Crippen LogP contribution in [0.15, 0.2) is 30.3 Å². The highest BCUT2D eigenvalue weighted by Crippen LogP contribution is 2.34. The molecule has 3 rings (SSSR count). The molecule has 1 aliphatic carbocycles. The van der Waals surface area contributed by atoms with E-state index in [0.29, 0.717) is 12.1 Å². The summed E-state index contributed by atoms with van der Waals surface area (Å²) < 4.78 is 0. The van der Waals surface area contributed by atoms with Crippen LogP contribution in [0.25, 0.3) is 0 Å². The van der Waals surface area contributed by atoms with Gasteiger partial charge in [-0.1, -0.05) is 23.8 Å². The zero-order chi connectivity index (χ0) is 13.4. The van der Waals surface area contributed by atoms with Gasteiger partial charge in [-0.15, -0.1) is 11.3 Å². The third-order valence-corrected chi connectivity index (χ3v) is 5.20. The molecule has 1 nitrogen and oxygen atoms in total. The van der Waals surface area contributed by atoms with Crippen molar-refractivity contribution >= 4 is 11.3 Å². The Morgan fingerprint density at radius 2 is 2.05 bits per heavy atom. The lowest BCUT2D eigenvalue weighted by Gasteiger charge is -2.20. The molecule has 0 amide bonds. The van der Waals surface area contributed by atoms with Gasteiger partial charge in [-0.05, 0) is 56.9 Å². The van der Waals surface area contributed by atoms with E-state index in [1.165, 1.54) is 39.3 Å². The number of benzene rings is 1. The van der Waals surface area contributed by atoms with Crippen LogP contribution < -0.4 is 5.32 Å². The molecule has 0 aliphatic heterocycles. The minimum atomic E-state index is 0.440. The molecule has 0 bridgehead atoms. The van der Waals surface area contributed by atoms with E-state index in [0.717, 1.165) is 0 Å². The summed E-state index contributed by atoms with van der Waals surface area (Å²) in [6.07, 6.45) is 2.44. The van der Waals surface area contributed by atoms with Crippen molar-refractivity contribution in [3.05, 3.63) is 56.8 Å². The smallest absolute Gasteiger partial charge is 0.0391 e. The van der Waals surface area contributed by atoms with Crippen molar-refractivity contribution in [3.8, 4) is 0 Å². The Balaban J connectivity index is 1.77. The first-order chi connectivity index (χ1) is 9.13. The molecule has 1 heterocycles. The van der Waals surface area contributed by atoms with E-state index in [-0.39, 0.29) is 0 Å². The third kappa shape index (κ3) is 2.60. The maximum Gasteiger partial charge on any atom is 0.0391 e. The minimum Gasteiger partial charge on any atom is -0.303 e. The number of thiophene rings is 1. The van der Waals surface area contributed by atoms with Crippen molar-refractivity contribution < 1.29 is 0 Å². The molecule has 2 aromatic rings. The highest BCUT2D eigenvalue weighted by molar-refractivity contribution is 7.12. The molecule has 1 N–H and O–H groups in total. The van der Waals surface area contributed by atoms with Crippen molar-refractivity contribution in [2.24, 2.45) is 0 Å². The standard InChI is InChI=1S/C17H21NS/c1-11-4-6-14-7-8-16(15(14)10-11)18-13(3)17-9-5-12(2)19-17/h4-6,9-10,13,16,18H,7-8H2,1-3H3. The zero-order valence-corrected chi connectivity index (χ0v) is 12.7. The fourth-order valence-electron chi connectivity index (χ4n) is 2.96. The number of rotatable bonds is 3. The van der Waals surface area contributed by atoms with Crippen LogP contribution in [0, 0.1) is 13.8 Å². The number of hydrogen-bond donors (Lipinski definition) is 1. The summed E-state index contributed by atoms with van der Waals surface area (Å²) in [5, 5.41) is 3.80. The second-order valence-electron chi connectivity index (χ2n) is 5.63. The quantitative estimate of drug-likeness (QED) is 0.853. The zero-order valence-electron chi connectivity index (χ0n) is 11.9. The minimum absolute atomic E-state index is 0.440. The molecule has 19 heavy (non-hydrogen) atoms. The van der Waals surface area contributed by atoms with Crippen molar-refractivity contribution in [2.45, 2.75) is 45.7 Å². The predicted octanol–water partition coefficient (Wildman–Crippen LogP) is 4.70. The number of aryl methyl sites for hydroxylation is 3. The summed E-state index contributed by atoms with van der Waals surface area (Å²) >= 11 is 1.90. The highest BCUT2D eigenvalue weighted by atomic mass is 32.1. The van der Waals surface area contributed by atoms with Crippen LogP contribution in [-0.4, -0.2) is 0 Å². The average molecular weight is 271 g/mol. The van der Waals surface area contributed by atoms with Crippen LogP contribution in [0.5, 0.6) is 0 Å². The molecule has 2 heteroatoms. The second kappa shape index (κ2) is 5.10. The summed E-state index contributed by atoms with van der Waals surface area (Å²) in [6, 6.07) is 12.3. The van der Waals surface area contributed by atoms with E-state index in [2.05, 4.69) is 56.4 Å². The van der Waals surface area contributed by atoms with Crippen LogP contribution in [0.2, 0.25) is 0 Å². The van der Waals surface area contributed by atoms with Crippen LogP contribution in [0.4, 0.5) is 0 Å². The summed E-state index contributed by atoms with van der Waals surface area (Å²) in [7, 11) is 0. The molecule has 1 aromatic carbocycles. The Labute approximate surface area is 119 Å². The molecule has 100 valence electrons. The van der Waals surface area contributed by atoms with Gasteiger partial charge in [0.25, 0.3) is 0 Å². The lowest BCUT2D eigenvalue weighted by Crippen LogP contribution is -2.22. The van der Waals surface area contributed by atoms with E-state index in [9.17, 15) is 0 Å². The number of nitrogens with one attached hydrogen (secondary N) is 1. The third-order valence-electron chi connectivity index (χ3n) is 4.02. The molecule has 2 unspecified atom stereocenters. The van der Waals surface area contributed by atoms with Gasteiger partial charge < -0.3 is 5.32 Å². The van der Waals surface area contributed by atoms with Crippen LogP contribution in [0.1, 0.15) is 51.9 Å².